The van der Waals surface area contributed by atoms with Crippen molar-refractivity contribution in [1.82, 2.24) is 4.90 Å². The van der Waals surface area contributed by atoms with Crippen LogP contribution < -0.4 is 0 Å². The zero-order valence-electron chi connectivity index (χ0n) is 14.0. The van der Waals surface area contributed by atoms with Crippen molar-refractivity contribution in [3.63, 3.8) is 0 Å². The molecule has 3 nitrogen and oxygen atoms in total. The van der Waals surface area contributed by atoms with Crippen LogP contribution in [0.5, 0.6) is 0 Å². The van der Waals surface area contributed by atoms with Crippen LogP contribution in [0.15, 0.2) is 0 Å². The molecule has 120 valence electrons. The minimum atomic E-state index is -0.696. The van der Waals surface area contributed by atoms with Gasteiger partial charge in [0.05, 0.1) is 0 Å². The van der Waals surface area contributed by atoms with E-state index in [2.05, 4.69) is 6.92 Å². The van der Waals surface area contributed by atoms with E-state index in [0.29, 0.717) is 0 Å². The summed E-state index contributed by atoms with van der Waals surface area (Å²) >= 11 is 0. The number of likely N-dealkylation sites (N-methyl/N-ethyl adjacent to an activating group) is 1. The lowest BCUT2D eigenvalue weighted by atomic mass is 10.0. The number of hydrogen-bond acceptors (Lipinski definition) is 2. The molecule has 0 aliphatic carbocycles. The summed E-state index contributed by atoms with van der Waals surface area (Å²) in [5.41, 5.74) is 0. The summed E-state index contributed by atoms with van der Waals surface area (Å²) in [5, 5.41) is 9.22. The molecule has 0 saturated carbocycles. The van der Waals surface area contributed by atoms with E-state index in [1.54, 1.807) is 0 Å². The Morgan fingerprint density at radius 1 is 0.950 bits per heavy atom. The second-order valence-corrected chi connectivity index (χ2v) is 6.34. The Morgan fingerprint density at radius 2 is 1.40 bits per heavy atom. The van der Waals surface area contributed by atoms with Crippen LogP contribution in [0.25, 0.3) is 0 Å². The van der Waals surface area contributed by atoms with E-state index in [1.165, 1.54) is 51.4 Å². The van der Waals surface area contributed by atoms with Gasteiger partial charge in [-0.05, 0) is 25.9 Å². The first kappa shape index (κ1) is 19.4. The quantitative estimate of drug-likeness (QED) is 0.504. The summed E-state index contributed by atoms with van der Waals surface area (Å²) < 4.78 is 0. The van der Waals surface area contributed by atoms with Crippen molar-refractivity contribution in [3.05, 3.63) is 0 Å². The zero-order chi connectivity index (χ0) is 15.4. The molecule has 0 aromatic heterocycles. The molecule has 1 atom stereocenters. The van der Waals surface area contributed by atoms with Gasteiger partial charge in [-0.25, -0.2) is 0 Å². The van der Waals surface area contributed by atoms with E-state index in [0.717, 1.165) is 13.0 Å². The maximum absolute atomic E-state index is 11.2. The summed E-state index contributed by atoms with van der Waals surface area (Å²) in [7, 11) is 1.93. The molecule has 1 N–H and O–H groups in total. The molecule has 0 rings (SSSR count). The highest BCUT2D eigenvalue weighted by molar-refractivity contribution is 5.73. The number of unbranched alkanes of at least 4 members (excludes halogenated alkanes) is 8. The third-order valence-electron chi connectivity index (χ3n) is 3.97. The lowest BCUT2D eigenvalue weighted by Crippen LogP contribution is -2.42. The fourth-order valence-corrected chi connectivity index (χ4v) is 2.79. The number of rotatable bonds is 13. The topological polar surface area (TPSA) is 40.5 Å². The van der Waals surface area contributed by atoms with Crippen LogP contribution >= 0.6 is 0 Å². The summed E-state index contributed by atoms with van der Waals surface area (Å²) in [5.74, 6) is -0.533. The maximum Gasteiger partial charge on any atom is 0.321 e. The molecule has 0 saturated heterocycles. The van der Waals surface area contributed by atoms with Crippen LogP contribution in [0.1, 0.15) is 78.6 Å². The number of carboxylic acid groups (broad SMARTS) is 1. The first-order valence-electron chi connectivity index (χ1n) is 8.43. The number of carbonyl (C=O) groups is 1. The van der Waals surface area contributed by atoms with Crippen LogP contribution in [0.2, 0.25) is 0 Å². The van der Waals surface area contributed by atoms with Gasteiger partial charge in [0, 0.05) is 0 Å². The Bertz CT molecular complexity index is 241. The average Bonchev–Trinajstić information content (AvgIpc) is 2.36. The number of nitrogens with zero attached hydrogens (tertiary/aromatic N) is 1. The van der Waals surface area contributed by atoms with E-state index in [4.69, 9.17) is 0 Å². The minimum Gasteiger partial charge on any atom is -0.480 e. The van der Waals surface area contributed by atoms with E-state index in [-0.39, 0.29) is 12.0 Å². The summed E-state index contributed by atoms with van der Waals surface area (Å²) in [6, 6.07) is -0.343. The first-order valence-corrected chi connectivity index (χ1v) is 8.43. The summed E-state index contributed by atoms with van der Waals surface area (Å²) in [6.45, 7) is 7.10. The molecular formula is C17H35NO2. The Labute approximate surface area is 125 Å². The standard InChI is InChI=1S/C17H35NO2/c1-5-6-7-8-9-10-11-12-13-14-18(4)16(15(2)3)17(19)20/h15-16H,5-14H2,1-4H3,(H,19,20)/t16-/m1/s1. The highest BCUT2D eigenvalue weighted by Gasteiger charge is 2.25. The highest BCUT2D eigenvalue weighted by Crippen LogP contribution is 2.13. The van der Waals surface area contributed by atoms with E-state index >= 15 is 0 Å². The summed E-state index contributed by atoms with van der Waals surface area (Å²) in [4.78, 5) is 13.2. The SMILES string of the molecule is CCCCCCCCCCCN(C)[C@@H](C(=O)O)C(C)C. The van der Waals surface area contributed by atoms with Gasteiger partial charge in [0.2, 0.25) is 0 Å². The lowest BCUT2D eigenvalue weighted by Gasteiger charge is -2.27. The van der Waals surface area contributed by atoms with Crippen molar-refractivity contribution in [1.29, 1.82) is 0 Å². The van der Waals surface area contributed by atoms with Crippen molar-refractivity contribution in [2.45, 2.75) is 84.6 Å². The Morgan fingerprint density at radius 3 is 1.80 bits per heavy atom. The fourth-order valence-electron chi connectivity index (χ4n) is 2.79. The largest absolute Gasteiger partial charge is 0.480 e. The average molecular weight is 285 g/mol. The molecule has 0 aromatic carbocycles. The van der Waals surface area contributed by atoms with Gasteiger partial charge in [-0.1, -0.05) is 72.1 Å². The molecule has 0 amide bonds. The monoisotopic (exact) mass is 285 g/mol. The molecule has 0 aromatic rings. The van der Waals surface area contributed by atoms with Crippen LogP contribution in [-0.2, 0) is 4.79 Å². The van der Waals surface area contributed by atoms with Crippen molar-refractivity contribution in [2.75, 3.05) is 13.6 Å². The molecule has 0 aliphatic heterocycles. The summed E-state index contributed by atoms with van der Waals surface area (Å²) in [6.07, 6.45) is 11.8. The van der Waals surface area contributed by atoms with Gasteiger partial charge in [-0.3, -0.25) is 9.69 Å². The Balaban J connectivity index is 3.56. The molecule has 0 bridgehead atoms. The van der Waals surface area contributed by atoms with Crippen molar-refractivity contribution in [3.8, 4) is 0 Å². The van der Waals surface area contributed by atoms with Crippen molar-refractivity contribution >= 4 is 5.97 Å². The van der Waals surface area contributed by atoms with Gasteiger partial charge in [0.15, 0.2) is 0 Å². The van der Waals surface area contributed by atoms with Gasteiger partial charge in [-0.2, -0.15) is 0 Å². The van der Waals surface area contributed by atoms with Crippen LogP contribution in [0, 0.1) is 5.92 Å². The lowest BCUT2D eigenvalue weighted by molar-refractivity contribution is -0.144. The molecule has 20 heavy (non-hydrogen) atoms. The third-order valence-corrected chi connectivity index (χ3v) is 3.97. The molecule has 0 heterocycles. The van der Waals surface area contributed by atoms with Crippen LogP contribution in [0.4, 0.5) is 0 Å². The van der Waals surface area contributed by atoms with E-state index in [9.17, 15) is 9.90 Å². The first-order chi connectivity index (χ1) is 9.50. The van der Waals surface area contributed by atoms with Gasteiger partial charge in [0.1, 0.15) is 6.04 Å². The third kappa shape index (κ3) is 9.35. The molecule has 3 heteroatoms. The predicted octanol–water partition coefficient (Wildman–Crippen LogP) is 4.56. The molecular weight excluding hydrogens is 250 g/mol. The maximum atomic E-state index is 11.2. The molecule has 0 fully saturated rings. The number of hydrogen-bond donors (Lipinski definition) is 1. The highest BCUT2D eigenvalue weighted by atomic mass is 16.4. The second-order valence-electron chi connectivity index (χ2n) is 6.34. The van der Waals surface area contributed by atoms with Gasteiger partial charge >= 0.3 is 5.97 Å². The molecule has 0 aliphatic rings. The van der Waals surface area contributed by atoms with Crippen LogP contribution in [-0.4, -0.2) is 35.6 Å². The van der Waals surface area contributed by atoms with Crippen LogP contribution in [0.3, 0.4) is 0 Å². The Hall–Kier alpha value is -0.570. The number of carboxylic acids is 1. The zero-order valence-corrected chi connectivity index (χ0v) is 14.0. The molecule has 0 spiro atoms. The normalized spacial score (nSPS) is 13.1. The van der Waals surface area contributed by atoms with Gasteiger partial charge in [-0.15, -0.1) is 0 Å². The minimum absolute atomic E-state index is 0.163. The van der Waals surface area contributed by atoms with E-state index in [1.807, 2.05) is 25.8 Å². The van der Waals surface area contributed by atoms with Crippen molar-refractivity contribution in [2.24, 2.45) is 5.92 Å². The molecule has 0 radical (unpaired) electrons. The van der Waals surface area contributed by atoms with Gasteiger partial charge < -0.3 is 5.11 Å². The molecule has 0 unspecified atom stereocenters. The van der Waals surface area contributed by atoms with Gasteiger partial charge in [0.25, 0.3) is 0 Å². The second kappa shape index (κ2) is 12.2. The fraction of sp³-hybridized carbons (Fsp3) is 0.941. The van der Waals surface area contributed by atoms with Crippen molar-refractivity contribution < 1.29 is 9.90 Å². The Kier molecular flexibility index (Phi) is 11.8. The smallest absolute Gasteiger partial charge is 0.321 e. The number of aliphatic carboxylic acids is 1. The van der Waals surface area contributed by atoms with E-state index < -0.39 is 5.97 Å². The predicted molar refractivity (Wildman–Crippen MR) is 86.1 cm³/mol.